The van der Waals surface area contributed by atoms with Crippen LogP contribution in [0.25, 0.3) is 0 Å². The minimum Gasteiger partial charge on any atom is -0.454 e. The maximum atomic E-state index is 12.8. The number of amides is 1. The van der Waals surface area contributed by atoms with E-state index in [0.29, 0.717) is 41.5 Å². The van der Waals surface area contributed by atoms with Crippen LogP contribution < -0.4 is 54.5 Å². The molecule has 3 aliphatic heterocycles. The number of fused-ring (bicyclic) bond motifs is 1. The van der Waals surface area contributed by atoms with Crippen molar-refractivity contribution >= 4 is 47.6 Å². The number of nitrogens with one attached hydrogen (secondary N) is 2. The van der Waals surface area contributed by atoms with Crippen LogP contribution in [-0.2, 0) is 11.3 Å². The van der Waals surface area contributed by atoms with Crippen molar-refractivity contribution in [2.75, 3.05) is 48.1 Å². The number of Topliss-reactive ketones (excluding diaryl/α,β-unsaturated/α-hetero) is 1. The second-order valence-corrected chi connectivity index (χ2v) is 10.6. The third kappa shape index (κ3) is 9.86. The van der Waals surface area contributed by atoms with Gasteiger partial charge >= 0.3 is 0 Å². The van der Waals surface area contributed by atoms with Crippen molar-refractivity contribution in [1.82, 2.24) is 44.9 Å². The first-order chi connectivity index (χ1) is 20.1. The lowest BCUT2D eigenvalue weighted by Crippen LogP contribution is -2.34. The fourth-order valence-electron chi connectivity index (χ4n) is 5.31. The Morgan fingerprint density at radius 3 is 1.89 bits per heavy atom. The van der Waals surface area contributed by atoms with E-state index in [9.17, 15) is 9.59 Å². The minimum atomic E-state index is -0.337. The fraction of sp³-hybridized carbons (Fsp3) is 0.433. The van der Waals surface area contributed by atoms with E-state index in [1.807, 2.05) is 30.3 Å². The van der Waals surface area contributed by atoms with Gasteiger partial charge in [-0.2, -0.15) is 15.0 Å². The minimum absolute atomic E-state index is 0. The summed E-state index contributed by atoms with van der Waals surface area (Å²) in [6.45, 7) is 4.29. The monoisotopic (exact) mass is 669 g/mol. The molecule has 46 heavy (non-hydrogen) atoms. The molecule has 0 saturated carbocycles. The Bertz CT molecular complexity index is 1390. The largest absolute Gasteiger partial charge is 0.454 e. The molecule has 0 aliphatic carbocycles. The Hall–Kier alpha value is -4.28. The summed E-state index contributed by atoms with van der Waals surface area (Å²) in [4.78, 5) is 44.0. The van der Waals surface area contributed by atoms with Gasteiger partial charge in [-0.05, 0) is 80.5 Å². The topological polar surface area (TPSA) is 262 Å². The highest BCUT2D eigenvalue weighted by Crippen LogP contribution is 2.32. The van der Waals surface area contributed by atoms with Gasteiger partial charge in [0.05, 0.1) is 6.42 Å². The zero-order valence-electron chi connectivity index (χ0n) is 26.3. The van der Waals surface area contributed by atoms with Crippen molar-refractivity contribution in [3.05, 3.63) is 53.6 Å². The number of anilines is 4. The molecule has 1 aromatic heterocycles. The average molecular weight is 670 g/mol. The third-order valence-corrected chi connectivity index (χ3v) is 7.60. The Morgan fingerprint density at radius 1 is 0.739 bits per heavy atom. The van der Waals surface area contributed by atoms with E-state index in [-0.39, 0.29) is 67.6 Å². The number of ether oxygens (including phenoxy) is 2. The summed E-state index contributed by atoms with van der Waals surface area (Å²) in [6, 6.07) is 12.5. The number of carbonyl (C=O) groups is 2. The van der Waals surface area contributed by atoms with Gasteiger partial charge < -0.3 is 54.5 Å². The molecule has 0 unspecified atom stereocenters. The highest BCUT2D eigenvalue weighted by atomic mass is 35.5. The fourth-order valence-corrected chi connectivity index (χ4v) is 5.31. The van der Waals surface area contributed by atoms with E-state index < -0.39 is 0 Å². The summed E-state index contributed by atoms with van der Waals surface area (Å²) < 4.78 is 10.7. The van der Waals surface area contributed by atoms with Gasteiger partial charge in [0.1, 0.15) is 0 Å². The predicted octanol–water partition coefficient (Wildman–Crippen LogP) is 6.27. The Morgan fingerprint density at radius 2 is 1.30 bits per heavy atom. The molecular formula is C30H56ClN11O4. The van der Waals surface area contributed by atoms with Crippen molar-refractivity contribution in [3.63, 3.8) is 0 Å². The smallest absolute Gasteiger partial charge is 0.233 e. The molecule has 0 spiro atoms. The summed E-state index contributed by atoms with van der Waals surface area (Å²) >= 11 is 0. The molecule has 6 rings (SSSR count). The first-order valence-corrected chi connectivity index (χ1v) is 14.4. The highest BCUT2D eigenvalue weighted by Gasteiger charge is 2.21. The van der Waals surface area contributed by atoms with Gasteiger partial charge in [0.15, 0.2) is 17.3 Å². The maximum Gasteiger partial charge on any atom is 0.233 e. The van der Waals surface area contributed by atoms with Gasteiger partial charge in [-0.15, -0.1) is 12.4 Å². The number of ketones is 1. The van der Waals surface area contributed by atoms with Crippen molar-refractivity contribution in [1.29, 1.82) is 0 Å². The second-order valence-electron chi connectivity index (χ2n) is 10.6. The maximum absolute atomic E-state index is 12.8. The summed E-state index contributed by atoms with van der Waals surface area (Å²) in [7, 11) is 0. The molecule has 1 amide bonds. The van der Waals surface area contributed by atoms with Gasteiger partial charge in [-0.1, -0.05) is 6.07 Å². The summed E-state index contributed by atoms with van der Waals surface area (Å²) in [5, 5.41) is 6.10. The lowest BCUT2D eigenvalue weighted by atomic mass is 10.1. The van der Waals surface area contributed by atoms with Crippen LogP contribution in [0.1, 0.15) is 66.6 Å². The van der Waals surface area contributed by atoms with Crippen LogP contribution in [-0.4, -0.2) is 59.6 Å². The molecular weight excluding hydrogens is 614 g/mol. The van der Waals surface area contributed by atoms with Crippen LogP contribution in [0.3, 0.4) is 0 Å². The molecule has 2 saturated heterocycles. The van der Waals surface area contributed by atoms with Gasteiger partial charge in [-0.25, -0.2) is 0 Å². The molecule has 2 aromatic carbocycles. The molecule has 0 radical (unpaired) electrons. The van der Waals surface area contributed by atoms with E-state index in [1.165, 1.54) is 12.8 Å². The average Bonchev–Trinajstić information content (AvgIpc) is 3.49. The molecule has 0 bridgehead atoms. The van der Waals surface area contributed by atoms with Crippen LogP contribution in [0.2, 0.25) is 0 Å². The number of hydrogen-bond donors (Lipinski definition) is 6. The lowest BCUT2D eigenvalue weighted by Gasteiger charge is -2.30. The Labute approximate surface area is 281 Å². The van der Waals surface area contributed by atoms with Crippen LogP contribution in [0, 0.1) is 0 Å². The van der Waals surface area contributed by atoms with Crippen LogP contribution in [0.15, 0.2) is 42.5 Å². The van der Waals surface area contributed by atoms with Crippen molar-refractivity contribution < 1.29 is 24.8 Å². The molecule has 15 nitrogen and oxygen atoms in total. The molecule has 4 heterocycles. The first-order valence-electron chi connectivity index (χ1n) is 14.4. The van der Waals surface area contributed by atoms with E-state index in [4.69, 9.17) is 24.4 Å². The van der Waals surface area contributed by atoms with E-state index in [0.717, 1.165) is 63.1 Å². The van der Waals surface area contributed by atoms with Crippen LogP contribution in [0.5, 0.6) is 11.5 Å². The lowest BCUT2D eigenvalue weighted by molar-refractivity contribution is -0.120. The molecule has 3 aliphatic rings. The summed E-state index contributed by atoms with van der Waals surface area (Å²) in [6.07, 6.45) is 6.79. The Balaban J connectivity index is -0.00000118. The number of rotatable bonds is 9. The highest BCUT2D eigenvalue weighted by molar-refractivity contribution is 6.07. The Kier molecular flexibility index (Phi) is 16.1. The van der Waals surface area contributed by atoms with Gasteiger partial charge in [0.25, 0.3) is 0 Å². The van der Waals surface area contributed by atoms with Crippen molar-refractivity contribution in [3.8, 4) is 11.5 Å². The third-order valence-electron chi connectivity index (χ3n) is 7.60. The van der Waals surface area contributed by atoms with E-state index >= 15 is 0 Å². The second kappa shape index (κ2) is 18.6. The number of piperidine rings is 2. The summed E-state index contributed by atoms with van der Waals surface area (Å²) in [5.41, 5.74) is 2.09. The van der Waals surface area contributed by atoms with Gasteiger partial charge in [0, 0.05) is 49.7 Å². The van der Waals surface area contributed by atoms with Crippen molar-refractivity contribution in [2.24, 2.45) is 0 Å². The normalized spacial score (nSPS) is 14.6. The van der Waals surface area contributed by atoms with Crippen LogP contribution >= 0.6 is 12.4 Å². The number of halogens is 1. The molecule has 14 N–H and O–H groups in total. The van der Waals surface area contributed by atoms with E-state index in [2.05, 4.69) is 20.4 Å². The standard InChI is InChI=1S/C30H35N7O4.ClH.4H3N.4H2/c38-24(18-27(39)31-19-21-7-12-25-26(17-21)41-20-40-25)22-8-10-23(11-9-22)32-28-33-29(36-13-3-1-4-14-36)35-30(34-28)37-15-5-2-6-16-37;;;;;;;;;/h7-12,17H,1-6,13-16,18-20H2,(H,31,39)(H,32,33,34,35);1H;4*1H3;4*1H. The van der Waals surface area contributed by atoms with Gasteiger partial charge in [-0.3, -0.25) is 9.59 Å². The zero-order valence-corrected chi connectivity index (χ0v) is 27.2. The van der Waals surface area contributed by atoms with Gasteiger partial charge in [0.2, 0.25) is 30.5 Å². The predicted molar refractivity (Wildman–Crippen MR) is 191 cm³/mol. The van der Waals surface area contributed by atoms with Crippen LogP contribution in [0.4, 0.5) is 23.5 Å². The number of benzene rings is 2. The molecule has 262 valence electrons. The quantitative estimate of drug-likeness (QED) is 0.108. The van der Waals surface area contributed by atoms with E-state index in [1.54, 1.807) is 12.1 Å². The number of hydrogen-bond acceptors (Lipinski definition) is 14. The molecule has 16 heteroatoms. The molecule has 3 aromatic rings. The van der Waals surface area contributed by atoms with Crippen molar-refractivity contribution in [2.45, 2.75) is 51.5 Å². The molecule has 2 fully saturated rings. The number of aromatic nitrogens is 3. The number of carbonyl (C=O) groups excluding carboxylic acids is 2. The number of nitrogens with zero attached hydrogens (tertiary/aromatic N) is 5. The first kappa shape index (κ1) is 39.7. The molecule has 0 atom stereocenters. The summed E-state index contributed by atoms with van der Waals surface area (Å²) in [5.74, 6) is 2.67. The zero-order chi connectivity index (χ0) is 28.0. The SMILES string of the molecule is Cl.N.N.N.N.O=C(CC(=O)c1ccc(Nc2nc(N3CCCCC3)nc(N3CCCCC3)n2)cc1)NCc1ccc2c(c1)OCO2.[HH].[HH].[HH].[HH].